The minimum absolute atomic E-state index is 0.0410. The van der Waals surface area contributed by atoms with Gasteiger partial charge < -0.3 is 25.6 Å². The van der Waals surface area contributed by atoms with Gasteiger partial charge in [-0.15, -0.1) is 0 Å². The summed E-state index contributed by atoms with van der Waals surface area (Å²) in [5.74, 6) is -1.20. The van der Waals surface area contributed by atoms with E-state index in [0.717, 1.165) is 27.8 Å². The lowest BCUT2D eigenvalue weighted by Gasteiger charge is -2.37. The predicted molar refractivity (Wildman–Crippen MR) is 189 cm³/mol. The highest BCUT2D eigenvalue weighted by atomic mass is 16.5. The van der Waals surface area contributed by atoms with Crippen LogP contribution in [0.3, 0.4) is 0 Å². The Morgan fingerprint density at radius 1 is 0.920 bits per heavy atom. The number of fused-ring (bicyclic) bond motifs is 1. The Labute approximate surface area is 292 Å². The quantitative estimate of drug-likeness (QED) is 0.140. The number of carbonyl (C=O) groups excluding carboxylic acids is 3. The van der Waals surface area contributed by atoms with Gasteiger partial charge in [-0.2, -0.15) is 0 Å². The minimum atomic E-state index is -2.06. The number of aliphatic hydroxyl groups excluding tert-OH is 1. The van der Waals surface area contributed by atoms with Crippen LogP contribution in [0.1, 0.15) is 49.1 Å². The molecule has 0 unspecified atom stereocenters. The second-order valence-electron chi connectivity index (χ2n) is 13.7. The van der Waals surface area contributed by atoms with Gasteiger partial charge in [0.1, 0.15) is 6.04 Å². The van der Waals surface area contributed by atoms with Gasteiger partial charge in [-0.1, -0.05) is 106 Å². The topological polar surface area (TPSA) is 153 Å². The van der Waals surface area contributed by atoms with Crippen molar-refractivity contribution < 1.29 is 29.3 Å². The first kappa shape index (κ1) is 36.2. The number of aliphatic hydroxyl groups is 2. The van der Waals surface area contributed by atoms with Crippen molar-refractivity contribution in [1.82, 2.24) is 26.1 Å². The summed E-state index contributed by atoms with van der Waals surface area (Å²) in [5, 5.41) is 29.9. The van der Waals surface area contributed by atoms with E-state index in [1.54, 1.807) is 24.5 Å². The van der Waals surface area contributed by atoms with Crippen molar-refractivity contribution in [3.63, 3.8) is 0 Å². The first-order valence-electron chi connectivity index (χ1n) is 16.6. The van der Waals surface area contributed by atoms with Crippen molar-refractivity contribution in [3.05, 3.63) is 126 Å². The van der Waals surface area contributed by atoms with E-state index in [1.807, 2.05) is 99.6 Å². The standard InChI is InChI=1S/C39H45N5O6/c1-38(2,3)34(43-37(48)50-4)35(46)44(24-27-16-18-28(19-17-27)30-14-10-20-40-23-30)41-25-39(49,22-26-11-6-5-7-12-26)36(47)42-33-31-15-9-8-13-29(31)21-32(33)45/h5-20,23,32-34,41,45,49H,21-22,24-25H2,1-4H3,(H,42,47)(H,43,48)/t32-,33+,34-,39-/m1/s1. The monoisotopic (exact) mass is 679 g/mol. The second kappa shape index (κ2) is 15.6. The molecule has 262 valence electrons. The van der Waals surface area contributed by atoms with E-state index < -0.39 is 47.1 Å². The number of carbonyl (C=O) groups is 3. The minimum Gasteiger partial charge on any atom is -0.453 e. The van der Waals surface area contributed by atoms with Crippen LogP contribution in [0.5, 0.6) is 0 Å². The summed E-state index contributed by atoms with van der Waals surface area (Å²) in [7, 11) is 1.22. The Balaban J connectivity index is 1.45. The van der Waals surface area contributed by atoms with Crippen molar-refractivity contribution in [2.24, 2.45) is 5.41 Å². The van der Waals surface area contributed by atoms with Crippen LogP contribution in [0.2, 0.25) is 0 Å². The lowest BCUT2D eigenvalue weighted by Crippen LogP contribution is -2.62. The number of rotatable bonds is 12. The molecule has 5 rings (SSSR count). The van der Waals surface area contributed by atoms with E-state index >= 15 is 0 Å². The van der Waals surface area contributed by atoms with Gasteiger partial charge in [-0.25, -0.2) is 10.2 Å². The molecular weight excluding hydrogens is 634 g/mol. The lowest BCUT2D eigenvalue weighted by molar-refractivity contribution is -0.147. The SMILES string of the molecule is COC(=O)N[C@H](C(=O)N(Cc1ccc(-c2cccnc2)cc1)NC[C@](O)(Cc1ccccc1)C(=O)N[C@H]1c2ccccc2C[C@H]1O)C(C)(C)C. The molecule has 0 aliphatic heterocycles. The maximum absolute atomic E-state index is 14.3. The Morgan fingerprint density at radius 3 is 2.28 bits per heavy atom. The number of ether oxygens (including phenoxy) is 1. The average Bonchev–Trinajstić information content (AvgIpc) is 3.43. The Hall–Kier alpha value is -5.10. The first-order chi connectivity index (χ1) is 23.9. The van der Waals surface area contributed by atoms with Crippen molar-refractivity contribution in [2.75, 3.05) is 13.7 Å². The molecule has 1 aliphatic rings. The van der Waals surface area contributed by atoms with Crippen molar-refractivity contribution in [2.45, 2.75) is 63.9 Å². The molecule has 1 aromatic heterocycles. The van der Waals surface area contributed by atoms with E-state index in [9.17, 15) is 24.6 Å². The zero-order chi connectivity index (χ0) is 35.9. The predicted octanol–water partition coefficient (Wildman–Crippen LogP) is 4.10. The molecule has 4 atom stereocenters. The number of amides is 3. The van der Waals surface area contributed by atoms with Crippen LogP contribution >= 0.6 is 0 Å². The van der Waals surface area contributed by atoms with E-state index in [1.165, 1.54) is 12.1 Å². The van der Waals surface area contributed by atoms with Gasteiger partial charge in [0.15, 0.2) is 5.60 Å². The van der Waals surface area contributed by atoms with Gasteiger partial charge in [-0.05, 0) is 44.9 Å². The Bertz CT molecular complexity index is 1760. The maximum Gasteiger partial charge on any atom is 0.407 e. The molecule has 0 saturated carbocycles. The summed E-state index contributed by atoms with van der Waals surface area (Å²) in [4.78, 5) is 44.9. The van der Waals surface area contributed by atoms with Gasteiger partial charge in [0.25, 0.3) is 11.8 Å². The molecule has 5 N–H and O–H groups in total. The van der Waals surface area contributed by atoms with Crippen LogP contribution < -0.4 is 16.1 Å². The molecular formula is C39H45N5O6. The first-order valence-corrected chi connectivity index (χ1v) is 16.6. The second-order valence-corrected chi connectivity index (χ2v) is 13.7. The molecule has 3 aromatic carbocycles. The molecule has 1 aliphatic carbocycles. The molecule has 0 spiro atoms. The summed E-state index contributed by atoms with van der Waals surface area (Å²) in [6.45, 7) is 5.12. The molecule has 1 heterocycles. The molecule has 50 heavy (non-hydrogen) atoms. The highest BCUT2D eigenvalue weighted by Gasteiger charge is 2.42. The number of nitrogens with one attached hydrogen (secondary N) is 3. The zero-order valence-electron chi connectivity index (χ0n) is 28.8. The highest BCUT2D eigenvalue weighted by molar-refractivity contribution is 5.87. The Morgan fingerprint density at radius 2 is 1.62 bits per heavy atom. The van der Waals surface area contributed by atoms with E-state index in [4.69, 9.17) is 4.74 Å². The summed E-state index contributed by atoms with van der Waals surface area (Å²) < 4.78 is 4.83. The normalized spacial score (nSPS) is 17.2. The average molecular weight is 680 g/mol. The fraction of sp³-hybridized carbons (Fsp3) is 0.333. The summed E-state index contributed by atoms with van der Waals surface area (Å²) >= 11 is 0. The fourth-order valence-corrected chi connectivity index (χ4v) is 6.12. The van der Waals surface area contributed by atoms with Crippen molar-refractivity contribution in [3.8, 4) is 11.1 Å². The fourth-order valence-electron chi connectivity index (χ4n) is 6.12. The van der Waals surface area contributed by atoms with Gasteiger partial charge in [0.2, 0.25) is 0 Å². The number of aromatic nitrogens is 1. The third-order valence-electron chi connectivity index (χ3n) is 8.93. The van der Waals surface area contributed by atoms with Crippen LogP contribution in [0.25, 0.3) is 11.1 Å². The molecule has 0 bridgehead atoms. The third-order valence-corrected chi connectivity index (χ3v) is 8.93. The summed E-state index contributed by atoms with van der Waals surface area (Å²) in [5.41, 5.74) is 5.31. The van der Waals surface area contributed by atoms with Gasteiger partial charge >= 0.3 is 6.09 Å². The molecule has 3 amide bonds. The summed E-state index contributed by atoms with van der Waals surface area (Å²) in [6.07, 6.45) is 2.13. The smallest absolute Gasteiger partial charge is 0.407 e. The van der Waals surface area contributed by atoms with E-state index in [2.05, 4.69) is 21.0 Å². The lowest BCUT2D eigenvalue weighted by atomic mass is 9.86. The maximum atomic E-state index is 14.3. The van der Waals surface area contributed by atoms with Crippen LogP contribution in [0.15, 0.2) is 103 Å². The number of hydrogen-bond acceptors (Lipinski definition) is 8. The van der Waals surface area contributed by atoms with E-state index in [0.29, 0.717) is 12.0 Å². The van der Waals surface area contributed by atoms with Crippen molar-refractivity contribution >= 4 is 17.9 Å². The van der Waals surface area contributed by atoms with Crippen LogP contribution in [-0.2, 0) is 33.7 Å². The number of methoxy groups -OCH3 is 1. The number of nitrogens with zero attached hydrogens (tertiary/aromatic N) is 2. The van der Waals surface area contributed by atoms with Crippen LogP contribution in [0, 0.1) is 5.41 Å². The summed E-state index contributed by atoms with van der Waals surface area (Å²) in [6, 6.07) is 26.2. The molecule has 0 saturated heterocycles. The third kappa shape index (κ3) is 8.73. The molecule has 0 radical (unpaired) electrons. The molecule has 11 heteroatoms. The number of hydrogen-bond donors (Lipinski definition) is 5. The van der Waals surface area contributed by atoms with Gasteiger partial charge in [-0.3, -0.25) is 19.6 Å². The molecule has 4 aromatic rings. The number of pyridine rings is 1. The van der Waals surface area contributed by atoms with Gasteiger partial charge in [0.05, 0.1) is 32.3 Å². The van der Waals surface area contributed by atoms with E-state index in [-0.39, 0.29) is 19.5 Å². The number of alkyl carbamates (subject to hydrolysis) is 1. The number of benzene rings is 3. The van der Waals surface area contributed by atoms with Crippen LogP contribution in [0.4, 0.5) is 4.79 Å². The van der Waals surface area contributed by atoms with Crippen LogP contribution in [-0.4, -0.2) is 69.5 Å². The number of hydrazine groups is 1. The van der Waals surface area contributed by atoms with Crippen molar-refractivity contribution in [1.29, 1.82) is 0 Å². The Kier molecular flexibility index (Phi) is 11.3. The largest absolute Gasteiger partial charge is 0.453 e. The molecule has 11 nitrogen and oxygen atoms in total. The zero-order valence-corrected chi connectivity index (χ0v) is 28.8. The van der Waals surface area contributed by atoms with Gasteiger partial charge in [0, 0.05) is 25.2 Å². The molecule has 0 fully saturated rings. The highest BCUT2D eigenvalue weighted by Crippen LogP contribution is 2.32.